The average Bonchev–Trinajstić information content (AvgIpc) is 2.49. The van der Waals surface area contributed by atoms with Crippen LogP contribution in [0.4, 0.5) is 13.2 Å². The Bertz CT molecular complexity index is 670. The molecule has 10 heteroatoms. The second-order valence-electron chi connectivity index (χ2n) is 5.81. The van der Waals surface area contributed by atoms with Gasteiger partial charge in [0.2, 0.25) is 5.91 Å². The minimum Gasteiger partial charge on any atom is -0.464 e. The Kier molecular flexibility index (Phi) is 7.33. The smallest absolute Gasteiger partial charge is 0.416 e. The van der Waals surface area contributed by atoms with E-state index in [0.29, 0.717) is 12.1 Å². The number of hydroxylamine groups is 2. The molecule has 0 saturated carbocycles. The van der Waals surface area contributed by atoms with Gasteiger partial charge in [0.05, 0.1) is 18.6 Å². The number of amides is 1. The van der Waals surface area contributed by atoms with E-state index >= 15 is 0 Å². The summed E-state index contributed by atoms with van der Waals surface area (Å²) in [4.78, 5) is 29.3. The minimum absolute atomic E-state index is 0.0238. The number of likely N-dealkylation sites (N-methyl/N-ethyl adjacent to an activating group) is 1. The monoisotopic (exact) mass is 415 g/mol. The molecule has 0 heterocycles. The highest BCUT2D eigenvalue weighted by Crippen LogP contribution is 2.36. The van der Waals surface area contributed by atoms with Crippen LogP contribution in [0.2, 0.25) is 10.0 Å². The molecular weight excluding hydrogens is 398 g/mol. The van der Waals surface area contributed by atoms with Gasteiger partial charge in [-0.15, -0.1) is 0 Å². The molecule has 0 radical (unpaired) electrons. The lowest BCUT2D eigenvalue weighted by molar-refractivity contribution is -0.230. The average molecular weight is 416 g/mol. The normalized spacial score (nSPS) is 12.0. The van der Waals surface area contributed by atoms with E-state index in [9.17, 15) is 22.8 Å². The number of hydrogen-bond acceptors (Lipinski definition) is 4. The van der Waals surface area contributed by atoms with Crippen LogP contribution >= 0.6 is 23.2 Å². The van der Waals surface area contributed by atoms with Crippen LogP contribution in [0.1, 0.15) is 31.9 Å². The summed E-state index contributed by atoms with van der Waals surface area (Å²) in [6.07, 6.45) is -5.02. The van der Waals surface area contributed by atoms with E-state index in [0.717, 1.165) is 5.06 Å². The number of halogens is 5. The number of carbonyl (C=O) groups is 2. The molecule has 0 aliphatic heterocycles. The molecule has 1 rings (SSSR count). The first-order valence-corrected chi connectivity index (χ1v) is 8.23. The van der Waals surface area contributed by atoms with Crippen LogP contribution in [0.5, 0.6) is 0 Å². The number of esters is 1. The fourth-order valence-corrected chi connectivity index (χ4v) is 2.55. The van der Waals surface area contributed by atoms with E-state index in [2.05, 4.69) is 0 Å². The van der Waals surface area contributed by atoms with Crippen LogP contribution in [0.15, 0.2) is 12.1 Å². The van der Waals surface area contributed by atoms with Crippen molar-refractivity contribution in [1.82, 2.24) is 5.06 Å². The highest BCUT2D eigenvalue weighted by Gasteiger charge is 2.35. The zero-order valence-electron chi connectivity index (χ0n) is 14.5. The summed E-state index contributed by atoms with van der Waals surface area (Å²) < 4.78 is 43.1. The van der Waals surface area contributed by atoms with Crippen molar-refractivity contribution < 1.29 is 32.3 Å². The number of nitrogens with zero attached hydrogens (tertiary/aromatic N) is 1. The van der Waals surface area contributed by atoms with Crippen LogP contribution in [0.25, 0.3) is 0 Å². The second-order valence-corrected chi connectivity index (χ2v) is 6.62. The molecule has 146 valence electrons. The number of carbonyl (C=O) groups excluding carboxylic acids is 2. The quantitative estimate of drug-likeness (QED) is 0.513. The summed E-state index contributed by atoms with van der Waals surface area (Å²) >= 11 is 11.7. The topological polar surface area (TPSA) is 55.8 Å². The van der Waals surface area contributed by atoms with Gasteiger partial charge >= 0.3 is 12.1 Å². The van der Waals surface area contributed by atoms with Crippen molar-refractivity contribution in [3.63, 3.8) is 0 Å². The maximum absolute atomic E-state index is 12.7. The molecule has 0 atom stereocenters. The molecule has 0 saturated heterocycles. The Labute approximate surface area is 158 Å². The molecule has 0 bridgehead atoms. The maximum Gasteiger partial charge on any atom is 0.416 e. The van der Waals surface area contributed by atoms with Crippen LogP contribution in [-0.4, -0.2) is 36.2 Å². The maximum atomic E-state index is 12.7. The molecule has 1 aromatic rings. The summed E-state index contributed by atoms with van der Waals surface area (Å²) in [6, 6.07) is 1.39. The molecule has 1 aromatic carbocycles. The fraction of sp³-hybridized carbons (Fsp3) is 0.500. The van der Waals surface area contributed by atoms with Crippen molar-refractivity contribution in [3.05, 3.63) is 33.3 Å². The van der Waals surface area contributed by atoms with Gasteiger partial charge in [0.1, 0.15) is 0 Å². The van der Waals surface area contributed by atoms with E-state index in [1.54, 1.807) is 6.92 Å². The molecular formula is C16H18Cl2F3NO4. The summed E-state index contributed by atoms with van der Waals surface area (Å²) in [6.45, 7) is 4.58. The van der Waals surface area contributed by atoms with E-state index in [4.69, 9.17) is 32.8 Å². The summed E-state index contributed by atoms with van der Waals surface area (Å²) in [5.74, 6) is -1.34. The third-order valence-corrected chi connectivity index (χ3v) is 3.95. The third-order valence-electron chi connectivity index (χ3n) is 3.28. The first kappa shape index (κ1) is 22.5. The molecule has 5 nitrogen and oxygen atoms in total. The minimum atomic E-state index is -4.61. The lowest BCUT2D eigenvalue weighted by Gasteiger charge is -2.28. The van der Waals surface area contributed by atoms with Gasteiger partial charge in [-0.1, -0.05) is 23.2 Å². The van der Waals surface area contributed by atoms with Gasteiger partial charge in [-0.25, -0.2) is 9.86 Å². The lowest BCUT2D eigenvalue weighted by Crippen LogP contribution is -2.44. The predicted molar refractivity (Wildman–Crippen MR) is 89.7 cm³/mol. The van der Waals surface area contributed by atoms with Gasteiger partial charge < -0.3 is 4.74 Å². The van der Waals surface area contributed by atoms with Crippen LogP contribution in [0.3, 0.4) is 0 Å². The predicted octanol–water partition coefficient (Wildman–Crippen LogP) is 4.29. The van der Waals surface area contributed by atoms with Crippen LogP contribution in [0, 0.1) is 0 Å². The largest absolute Gasteiger partial charge is 0.464 e. The Balaban J connectivity index is 2.92. The Hall–Kier alpha value is -1.51. The van der Waals surface area contributed by atoms with Gasteiger partial charge in [-0.2, -0.15) is 13.2 Å². The second kappa shape index (κ2) is 8.45. The Morgan fingerprint density at radius 2 is 1.65 bits per heavy atom. The van der Waals surface area contributed by atoms with Crippen molar-refractivity contribution in [2.24, 2.45) is 0 Å². The van der Waals surface area contributed by atoms with Crippen molar-refractivity contribution >= 4 is 35.1 Å². The summed E-state index contributed by atoms with van der Waals surface area (Å²) in [5, 5.41) is 0.203. The first-order valence-electron chi connectivity index (χ1n) is 7.47. The zero-order valence-corrected chi connectivity index (χ0v) is 16.1. The van der Waals surface area contributed by atoms with Gasteiger partial charge in [-0.3, -0.25) is 9.63 Å². The zero-order chi connectivity index (χ0) is 20.3. The molecule has 0 aliphatic rings. The summed E-state index contributed by atoms with van der Waals surface area (Å²) in [7, 11) is 1.26. The fourth-order valence-electron chi connectivity index (χ4n) is 1.93. The van der Waals surface area contributed by atoms with E-state index in [-0.39, 0.29) is 22.2 Å². The highest BCUT2D eigenvalue weighted by atomic mass is 35.5. The first-order chi connectivity index (χ1) is 11.8. The molecule has 0 aliphatic carbocycles. The Morgan fingerprint density at radius 1 is 1.15 bits per heavy atom. The molecule has 0 fully saturated rings. The van der Waals surface area contributed by atoms with E-state index in [1.807, 2.05) is 0 Å². The third kappa shape index (κ3) is 5.75. The number of rotatable bonds is 6. The van der Waals surface area contributed by atoms with Gasteiger partial charge in [0.15, 0.2) is 5.60 Å². The highest BCUT2D eigenvalue weighted by molar-refractivity contribution is 6.36. The molecule has 0 spiro atoms. The SMILES string of the molecule is CCOC(=O)C(C)(C)ON(C)C(=O)Cc1c(Cl)cc(C(F)(F)F)cc1Cl. The van der Waals surface area contributed by atoms with Crippen LogP contribution < -0.4 is 0 Å². The standard InChI is InChI=1S/C16H18Cl2F3NO4/c1-5-25-14(24)15(2,3)26-22(4)13(23)8-10-11(17)6-9(7-12(10)18)16(19,20)21/h6-7H,5,8H2,1-4H3. The van der Waals surface area contributed by atoms with Gasteiger partial charge in [0, 0.05) is 17.1 Å². The van der Waals surface area contributed by atoms with E-state index in [1.165, 1.54) is 20.9 Å². The molecule has 26 heavy (non-hydrogen) atoms. The van der Waals surface area contributed by atoms with Crippen molar-refractivity contribution in [3.8, 4) is 0 Å². The van der Waals surface area contributed by atoms with Crippen molar-refractivity contribution in [2.75, 3.05) is 13.7 Å². The molecule has 0 aromatic heterocycles. The van der Waals surface area contributed by atoms with Crippen molar-refractivity contribution in [2.45, 2.75) is 39.0 Å². The van der Waals surface area contributed by atoms with Crippen molar-refractivity contribution in [1.29, 1.82) is 0 Å². The molecule has 0 N–H and O–H groups in total. The summed E-state index contributed by atoms with van der Waals surface area (Å²) in [5.41, 5.74) is -2.43. The van der Waals surface area contributed by atoms with Gasteiger partial charge in [-0.05, 0) is 38.5 Å². The number of benzene rings is 1. The van der Waals surface area contributed by atoms with Crippen LogP contribution in [-0.2, 0) is 31.8 Å². The molecule has 0 unspecified atom stereocenters. The number of alkyl halides is 3. The molecule has 1 amide bonds. The Morgan fingerprint density at radius 3 is 2.08 bits per heavy atom. The van der Waals surface area contributed by atoms with E-state index < -0.39 is 35.6 Å². The number of hydrogen-bond donors (Lipinski definition) is 0. The lowest BCUT2D eigenvalue weighted by atomic mass is 10.1. The van der Waals surface area contributed by atoms with Gasteiger partial charge in [0.25, 0.3) is 0 Å². The number of ether oxygens (including phenoxy) is 1.